The average Bonchev–Trinajstić information content (AvgIpc) is 3.19. The van der Waals surface area contributed by atoms with Gasteiger partial charge in [0.05, 0.1) is 16.6 Å². The van der Waals surface area contributed by atoms with Gasteiger partial charge in [-0.05, 0) is 49.7 Å². The van der Waals surface area contributed by atoms with Crippen molar-refractivity contribution in [1.29, 1.82) is 0 Å². The first-order valence-electron chi connectivity index (χ1n) is 9.33. The minimum atomic E-state index is -0.970. The van der Waals surface area contributed by atoms with Gasteiger partial charge in [0.2, 0.25) is 0 Å². The number of benzene rings is 2. The molecule has 0 radical (unpaired) electrons. The number of nitrogens with one attached hydrogen (secondary N) is 1. The minimum absolute atomic E-state index is 0.209. The van der Waals surface area contributed by atoms with Crippen molar-refractivity contribution in [2.24, 2.45) is 0 Å². The Hall–Kier alpha value is -3.41. The molecular formula is C22H22N4O2. The van der Waals surface area contributed by atoms with Gasteiger partial charge < -0.3 is 15.0 Å². The molecule has 0 amide bonds. The molecule has 4 rings (SSSR count). The maximum atomic E-state index is 11.3. The summed E-state index contributed by atoms with van der Waals surface area (Å²) in [7, 11) is 2.00. The lowest BCUT2D eigenvalue weighted by atomic mass is 10.1. The Balaban J connectivity index is 1.96. The third kappa shape index (κ3) is 3.07. The number of aromatic amines is 1. The van der Waals surface area contributed by atoms with Crippen molar-refractivity contribution in [1.82, 2.24) is 15.0 Å². The molecule has 6 nitrogen and oxygen atoms in total. The maximum absolute atomic E-state index is 11.3. The Bertz CT molecular complexity index is 1180. The van der Waals surface area contributed by atoms with Crippen LogP contribution in [0.3, 0.4) is 0 Å². The molecule has 28 heavy (non-hydrogen) atoms. The predicted octanol–water partition coefficient (Wildman–Crippen LogP) is 4.71. The summed E-state index contributed by atoms with van der Waals surface area (Å²) >= 11 is 0. The van der Waals surface area contributed by atoms with E-state index in [0.29, 0.717) is 11.0 Å². The molecule has 1 atom stereocenters. The van der Waals surface area contributed by atoms with Crippen LogP contribution in [0.15, 0.2) is 48.7 Å². The highest BCUT2D eigenvalue weighted by Gasteiger charge is 2.19. The first-order valence-corrected chi connectivity index (χ1v) is 9.33. The van der Waals surface area contributed by atoms with Crippen LogP contribution in [0.4, 0.5) is 5.82 Å². The van der Waals surface area contributed by atoms with E-state index < -0.39 is 5.97 Å². The van der Waals surface area contributed by atoms with Crippen LogP contribution in [0.5, 0.6) is 0 Å². The fraction of sp³-hybridized carbons (Fsp3) is 0.227. The standard InChI is InChI=1S/C22H22N4O2/c1-4-13(2)26(3)21-20(15-5-7-17-14(11-15)9-10-23-17)24-18-8-6-16(22(27)28)12-19(18)25-21/h5-13,23H,4H2,1-3H3,(H,27,28). The number of fused-ring (bicyclic) bond motifs is 2. The number of H-pyrrole nitrogens is 1. The molecule has 142 valence electrons. The van der Waals surface area contributed by atoms with Crippen molar-refractivity contribution in [3.8, 4) is 11.3 Å². The number of hydrogen-bond acceptors (Lipinski definition) is 4. The number of nitrogens with zero attached hydrogens (tertiary/aromatic N) is 3. The first-order chi connectivity index (χ1) is 13.5. The zero-order valence-corrected chi connectivity index (χ0v) is 16.1. The Kier molecular flexibility index (Phi) is 4.47. The van der Waals surface area contributed by atoms with Crippen LogP contribution in [0, 0.1) is 0 Å². The molecule has 6 heteroatoms. The second kappa shape index (κ2) is 6.96. The first kappa shape index (κ1) is 18.0. The molecule has 2 N–H and O–H groups in total. The largest absolute Gasteiger partial charge is 0.478 e. The summed E-state index contributed by atoms with van der Waals surface area (Å²) in [6.07, 6.45) is 2.88. The van der Waals surface area contributed by atoms with Gasteiger partial charge in [0.25, 0.3) is 0 Å². The Morgan fingerprint density at radius 3 is 2.71 bits per heavy atom. The summed E-state index contributed by atoms with van der Waals surface area (Å²) in [6, 6.07) is 13.3. The van der Waals surface area contributed by atoms with Crippen molar-refractivity contribution < 1.29 is 9.90 Å². The molecule has 0 spiro atoms. The van der Waals surface area contributed by atoms with Crippen LogP contribution >= 0.6 is 0 Å². The van der Waals surface area contributed by atoms with Crippen molar-refractivity contribution in [3.63, 3.8) is 0 Å². The van der Waals surface area contributed by atoms with Gasteiger partial charge in [0.15, 0.2) is 5.82 Å². The van der Waals surface area contributed by atoms with E-state index in [9.17, 15) is 9.90 Å². The number of aromatic carboxylic acids is 1. The van der Waals surface area contributed by atoms with Gasteiger partial charge in [0.1, 0.15) is 5.69 Å². The lowest BCUT2D eigenvalue weighted by molar-refractivity contribution is 0.0697. The van der Waals surface area contributed by atoms with Gasteiger partial charge in [-0.2, -0.15) is 0 Å². The van der Waals surface area contributed by atoms with Crippen LogP contribution in [0.25, 0.3) is 33.2 Å². The number of hydrogen-bond donors (Lipinski definition) is 2. The molecular weight excluding hydrogens is 352 g/mol. The number of carbonyl (C=O) groups is 1. The fourth-order valence-corrected chi connectivity index (χ4v) is 3.30. The summed E-state index contributed by atoms with van der Waals surface area (Å²) < 4.78 is 0. The lowest BCUT2D eigenvalue weighted by Crippen LogP contribution is -2.29. The molecule has 0 aliphatic rings. The van der Waals surface area contributed by atoms with Crippen molar-refractivity contribution in [3.05, 3.63) is 54.2 Å². The Labute approximate surface area is 162 Å². The lowest BCUT2D eigenvalue weighted by Gasteiger charge is -2.27. The van der Waals surface area contributed by atoms with Gasteiger partial charge in [0, 0.05) is 35.8 Å². The molecule has 4 aromatic rings. The van der Waals surface area contributed by atoms with Crippen molar-refractivity contribution in [2.45, 2.75) is 26.3 Å². The van der Waals surface area contributed by atoms with Crippen LogP contribution < -0.4 is 4.90 Å². The monoisotopic (exact) mass is 374 g/mol. The number of carboxylic acid groups (broad SMARTS) is 1. The van der Waals surface area contributed by atoms with Gasteiger partial charge >= 0.3 is 5.97 Å². The summed E-state index contributed by atoms with van der Waals surface area (Å²) in [5.74, 6) is -0.221. The van der Waals surface area contributed by atoms with E-state index in [2.05, 4.69) is 29.8 Å². The Morgan fingerprint density at radius 2 is 1.96 bits per heavy atom. The smallest absolute Gasteiger partial charge is 0.335 e. The van der Waals surface area contributed by atoms with Gasteiger partial charge in [-0.1, -0.05) is 13.0 Å². The van der Waals surface area contributed by atoms with E-state index in [1.54, 1.807) is 18.2 Å². The zero-order valence-electron chi connectivity index (χ0n) is 16.1. The van der Waals surface area contributed by atoms with Crippen LogP contribution in [0.1, 0.15) is 30.6 Å². The normalized spacial score (nSPS) is 12.4. The highest BCUT2D eigenvalue weighted by Crippen LogP contribution is 2.32. The maximum Gasteiger partial charge on any atom is 0.335 e. The second-order valence-corrected chi connectivity index (χ2v) is 7.05. The molecule has 0 fully saturated rings. The van der Waals surface area contributed by atoms with E-state index in [0.717, 1.165) is 34.4 Å². The van der Waals surface area contributed by atoms with Crippen molar-refractivity contribution in [2.75, 3.05) is 11.9 Å². The summed E-state index contributed by atoms with van der Waals surface area (Å²) in [5.41, 5.74) is 4.31. The highest BCUT2D eigenvalue weighted by molar-refractivity contribution is 5.94. The fourth-order valence-electron chi connectivity index (χ4n) is 3.30. The third-order valence-corrected chi connectivity index (χ3v) is 5.31. The molecule has 0 aliphatic heterocycles. The zero-order chi connectivity index (χ0) is 19.8. The van der Waals surface area contributed by atoms with Gasteiger partial charge in [-0.25, -0.2) is 14.8 Å². The Morgan fingerprint density at radius 1 is 1.14 bits per heavy atom. The molecule has 0 aliphatic carbocycles. The molecule has 2 aromatic carbocycles. The number of rotatable bonds is 5. The molecule has 0 bridgehead atoms. The quantitative estimate of drug-likeness (QED) is 0.529. The van der Waals surface area contributed by atoms with Crippen LogP contribution in [-0.4, -0.2) is 39.1 Å². The van der Waals surface area contributed by atoms with E-state index in [1.807, 2.05) is 31.4 Å². The SMILES string of the molecule is CCC(C)N(C)c1nc2cc(C(=O)O)ccc2nc1-c1ccc2[nH]ccc2c1. The van der Waals surface area contributed by atoms with Crippen LogP contribution in [-0.2, 0) is 0 Å². The molecule has 2 heterocycles. The molecule has 0 saturated carbocycles. The van der Waals surface area contributed by atoms with Gasteiger partial charge in [-0.15, -0.1) is 0 Å². The number of aromatic nitrogens is 3. The van der Waals surface area contributed by atoms with E-state index in [4.69, 9.17) is 9.97 Å². The molecule has 1 unspecified atom stereocenters. The summed E-state index contributed by atoms with van der Waals surface area (Å²) in [4.78, 5) is 26.3. The van der Waals surface area contributed by atoms with E-state index in [1.165, 1.54) is 0 Å². The second-order valence-electron chi connectivity index (χ2n) is 7.05. The molecule has 2 aromatic heterocycles. The third-order valence-electron chi connectivity index (χ3n) is 5.31. The summed E-state index contributed by atoms with van der Waals surface area (Å²) in [6.45, 7) is 4.27. The van der Waals surface area contributed by atoms with Gasteiger partial charge in [-0.3, -0.25) is 0 Å². The average molecular weight is 374 g/mol. The molecule has 0 saturated heterocycles. The summed E-state index contributed by atoms with van der Waals surface area (Å²) in [5, 5.41) is 10.4. The van der Waals surface area contributed by atoms with Crippen molar-refractivity contribution >= 4 is 33.7 Å². The predicted molar refractivity (Wildman–Crippen MR) is 112 cm³/mol. The van der Waals surface area contributed by atoms with Crippen LogP contribution in [0.2, 0.25) is 0 Å². The van der Waals surface area contributed by atoms with E-state index >= 15 is 0 Å². The number of carboxylic acids is 1. The minimum Gasteiger partial charge on any atom is -0.478 e. The number of anilines is 1. The topological polar surface area (TPSA) is 82.1 Å². The highest BCUT2D eigenvalue weighted by atomic mass is 16.4. The van der Waals surface area contributed by atoms with E-state index in [-0.39, 0.29) is 11.6 Å².